The van der Waals surface area contributed by atoms with Gasteiger partial charge in [0.25, 0.3) is 5.91 Å². The fourth-order valence-corrected chi connectivity index (χ4v) is 3.23. The van der Waals surface area contributed by atoms with Gasteiger partial charge in [-0.1, -0.05) is 54.6 Å². The summed E-state index contributed by atoms with van der Waals surface area (Å²) in [6.07, 6.45) is 0. The number of ether oxygens (including phenoxy) is 2. The van der Waals surface area contributed by atoms with Gasteiger partial charge >= 0.3 is 0 Å². The van der Waals surface area contributed by atoms with Gasteiger partial charge in [-0.05, 0) is 34.9 Å². The summed E-state index contributed by atoms with van der Waals surface area (Å²) in [5, 5.41) is 2.66. The number of carbonyl (C=O) groups excluding carboxylic acids is 2. The number of nitrogens with one attached hydrogen (secondary N) is 1. The van der Waals surface area contributed by atoms with Crippen LogP contribution in [0.15, 0.2) is 72.8 Å². The van der Waals surface area contributed by atoms with Gasteiger partial charge in [-0.15, -0.1) is 0 Å². The summed E-state index contributed by atoms with van der Waals surface area (Å²) in [5.41, 5.74) is 3.72. The predicted octanol–water partition coefficient (Wildman–Crippen LogP) is 3.47. The molecule has 1 aliphatic heterocycles. The van der Waals surface area contributed by atoms with Crippen molar-refractivity contribution in [2.24, 2.45) is 0 Å². The number of benzene rings is 3. The van der Waals surface area contributed by atoms with Crippen molar-refractivity contribution in [2.75, 3.05) is 20.4 Å². The predicted molar refractivity (Wildman–Crippen MR) is 113 cm³/mol. The van der Waals surface area contributed by atoms with Crippen molar-refractivity contribution >= 4 is 11.8 Å². The number of fused-ring (bicyclic) bond motifs is 1. The number of amides is 2. The number of hydrogen-bond donors (Lipinski definition) is 1. The van der Waals surface area contributed by atoms with Crippen LogP contribution in [0.25, 0.3) is 11.1 Å². The lowest BCUT2D eigenvalue weighted by Gasteiger charge is -2.18. The standard InChI is InChI=1S/C24H22N2O4/c1-26(15-17-7-9-19(10-8-17)18-5-3-2-4-6-18)23(27)14-25-24(28)20-11-12-21-22(13-20)30-16-29-21/h2-13H,14-16H2,1H3,(H,25,28). The molecular weight excluding hydrogens is 380 g/mol. The van der Waals surface area contributed by atoms with Crippen molar-refractivity contribution in [1.29, 1.82) is 0 Å². The van der Waals surface area contributed by atoms with E-state index in [2.05, 4.69) is 17.4 Å². The molecule has 0 atom stereocenters. The maximum atomic E-state index is 12.4. The molecule has 1 heterocycles. The first-order valence-corrected chi connectivity index (χ1v) is 9.66. The van der Waals surface area contributed by atoms with Crippen LogP contribution in [-0.2, 0) is 11.3 Å². The Morgan fingerprint density at radius 1 is 0.900 bits per heavy atom. The fraction of sp³-hybridized carbons (Fsp3) is 0.167. The normalized spacial score (nSPS) is 11.8. The Bertz CT molecular complexity index is 1050. The first kappa shape index (κ1) is 19.5. The van der Waals surface area contributed by atoms with E-state index >= 15 is 0 Å². The third kappa shape index (κ3) is 4.43. The number of rotatable bonds is 6. The Balaban J connectivity index is 1.30. The van der Waals surface area contributed by atoms with Crippen molar-refractivity contribution in [3.8, 4) is 22.6 Å². The van der Waals surface area contributed by atoms with Gasteiger partial charge < -0.3 is 19.7 Å². The van der Waals surface area contributed by atoms with Gasteiger partial charge in [-0.2, -0.15) is 0 Å². The van der Waals surface area contributed by atoms with Crippen LogP contribution in [-0.4, -0.2) is 37.1 Å². The first-order chi connectivity index (χ1) is 14.6. The number of hydrogen-bond acceptors (Lipinski definition) is 4. The maximum Gasteiger partial charge on any atom is 0.251 e. The van der Waals surface area contributed by atoms with Gasteiger partial charge in [0.15, 0.2) is 11.5 Å². The van der Waals surface area contributed by atoms with Crippen LogP contribution in [0.5, 0.6) is 11.5 Å². The highest BCUT2D eigenvalue weighted by Gasteiger charge is 2.17. The Morgan fingerprint density at radius 2 is 1.60 bits per heavy atom. The molecule has 0 saturated carbocycles. The number of likely N-dealkylation sites (N-methyl/N-ethyl adjacent to an activating group) is 1. The molecule has 0 radical (unpaired) electrons. The van der Waals surface area contributed by atoms with Crippen LogP contribution >= 0.6 is 0 Å². The van der Waals surface area contributed by atoms with E-state index in [0.29, 0.717) is 23.6 Å². The molecule has 0 fully saturated rings. The van der Waals surface area contributed by atoms with E-state index in [1.54, 1.807) is 30.1 Å². The lowest BCUT2D eigenvalue weighted by molar-refractivity contribution is -0.129. The quantitative estimate of drug-likeness (QED) is 0.686. The van der Waals surface area contributed by atoms with E-state index < -0.39 is 0 Å². The van der Waals surface area contributed by atoms with Crippen LogP contribution in [0, 0.1) is 0 Å². The highest BCUT2D eigenvalue weighted by atomic mass is 16.7. The molecule has 3 aromatic carbocycles. The highest BCUT2D eigenvalue weighted by Crippen LogP contribution is 2.32. The van der Waals surface area contributed by atoms with Gasteiger partial charge in [0.05, 0.1) is 6.54 Å². The summed E-state index contributed by atoms with van der Waals surface area (Å²) >= 11 is 0. The van der Waals surface area contributed by atoms with Crippen molar-refractivity contribution in [1.82, 2.24) is 10.2 Å². The van der Waals surface area contributed by atoms with Crippen molar-refractivity contribution < 1.29 is 19.1 Å². The van der Waals surface area contributed by atoms with Crippen LogP contribution in [0.2, 0.25) is 0 Å². The molecule has 6 heteroatoms. The van der Waals surface area contributed by atoms with Crippen LogP contribution < -0.4 is 14.8 Å². The minimum absolute atomic E-state index is 0.0775. The average Bonchev–Trinajstić information content (AvgIpc) is 3.26. The lowest BCUT2D eigenvalue weighted by atomic mass is 10.0. The van der Waals surface area contributed by atoms with E-state index in [-0.39, 0.29) is 25.2 Å². The average molecular weight is 402 g/mol. The Labute approximate surface area is 175 Å². The zero-order valence-corrected chi connectivity index (χ0v) is 16.6. The Morgan fingerprint density at radius 3 is 2.37 bits per heavy atom. The second-order valence-corrected chi connectivity index (χ2v) is 7.06. The maximum absolute atomic E-state index is 12.4. The van der Waals surface area contributed by atoms with Crippen LogP contribution in [0.3, 0.4) is 0 Å². The summed E-state index contributed by atoms with van der Waals surface area (Å²) in [5.74, 6) is 0.643. The van der Waals surface area contributed by atoms with Crippen molar-refractivity contribution in [3.63, 3.8) is 0 Å². The molecule has 30 heavy (non-hydrogen) atoms. The summed E-state index contributed by atoms with van der Waals surface area (Å²) in [6, 6.07) is 23.2. The Hall–Kier alpha value is -3.80. The summed E-state index contributed by atoms with van der Waals surface area (Å²) < 4.78 is 10.5. The fourth-order valence-electron chi connectivity index (χ4n) is 3.23. The Kier molecular flexibility index (Phi) is 5.66. The third-order valence-corrected chi connectivity index (χ3v) is 4.94. The number of carbonyl (C=O) groups is 2. The summed E-state index contributed by atoms with van der Waals surface area (Å²) in [4.78, 5) is 26.3. The van der Waals surface area contributed by atoms with Gasteiger partial charge in [-0.25, -0.2) is 0 Å². The molecule has 6 nitrogen and oxygen atoms in total. The van der Waals surface area contributed by atoms with E-state index in [9.17, 15) is 9.59 Å². The zero-order chi connectivity index (χ0) is 20.9. The van der Waals surface area contributed by atoms with E-state index in [1.807, 2.05) is 42.5 Å². The molecule has 1 N–H and O–H groups in total. The van der Waals surface area contributed by atoms with Gasteiger partial charge in [0, 0.05) is 19.2 Å². The molecule has 0 saturated heterocycles. The third-order valence-electron chi connectivity index (χ3n) is 4.94. The minimum Gasteiger partial charge on any atom is -0.454 e. The van der Waals surface area contributed by atoms with E-state index in [0.717, 1.165) is 16.7 Å². The molecule has 0 aromatic heterocycles. The molecule has 1 aliphatic rings. The first-order valence-electron chi connectivity index (χ1n) is 9.66. The lowest BCUT2D eigenvalue weighted by Crippen LogP contribution is -2.37. The molecular formula is C24H22N2O4. The second-order valence-electron chi connectivity index (χ2n) is 7.06. The summed E-state index contributed by atoms with van der Waals surface area (Å²) in [6.45, 7) is 0.537. The minimum atomic E-state index is -0.331. The smallest absolute Gasteiger partial charge is 0.251 e. The highest BCUT2D eigenvalue weighted by molar-refractivity contribution is 5.97. The van der Waals surface area contributed by atoms with Gasteiger partial charge in [0.1, 0.15) is 0 Å². The van der Waals surface area contributed by atoms with E-state index in [1.165, 1.54) is 0 Å². The molecule has 4 rings (SSSR count). The van der Waals surface area contributed by atoms with E-state index in [4.69, 9.17) is 9.47 Å². The summed E-state index contributed by atoms with van der Waals surface area (Å²) in [7, 11) is 1.72. The van der Waals surface area contributed by atoms with Crippen LogP contribution in [0.4, 0.5) is 0 Å². The molecule has 0 spiro atoms. The molecule has 3 aromatic rings. The SMILES string of the molecule is CN(Cc1ccc(-c2ccccc2)cc1)C(=O)CNC(=O)c1ccc2c(c1)OCO2. The molecule has 152 valence electrons. The second kappa shape index (κ2) is 8.69. The van der Waals surface area contributed by atoms with Gasteiger partial charge in [-0.3, -0.25) is 9.59 Å². The zero-order valence-electron chi connectivity index (χ0n) is 16.6. The number of nitrogens with zero attached hydrogens (tertiary/aromatic N) is 1. The van der Waals surface area contributed by atoms with Gasteiger partial charge in [0.2, 0.25) is 12.7 Å². The monoisotopic (exact) mass is 402 g/mol. The topological polar surface area (TPSA) is 67.9 Å². The molecule has 0 unspecified atom stereocenters. The molecule has 0 bridgehead atoms. The molecule has 0 aliphatic carbocycles. The van der Waals surface area contributed by atoms with Crippen LogP contribution in [0.1, 0.15) is 15.9 Å². The largest absolute Gasteiger partial charge is 0.454 e. The van der Waals surface area contributed by atoms with Crippen molar-refractivity contribution in [2.45, 2.75) is 6.54 Å². The van der Waals surface area contributed by atoms with Crippen molar-refractivity contribution in [3.05, 3.63) is 83.9 Å². The molecule has 2 amide bonds.